The molecule has 2 aromatic heterocycles. The molecule has 0 saturated carbocycles. The Morgan fingerprint density at radius 3 is 1.79 bits per heavy atom. The van der Waals surface area contributed by atoms with Gasteiger partial charge >= 0.3 is 0 Å². The van der Waals surface area contributed by atoms with E-state index in [-0.39, 0.29) is 11.4 Å². The van der Waals surface area contributed by atoms with Gasteiger partial charge in [-0.15, -0.1) is 10.2 Å². The fraction of sp³-hybridized carbons (Fsp3) is 0.182. The van der Waals surface area contributed by atoms with Crippen LogP contribution in [-0.2, 0) is 0 Å². The van der Waals surface area contributed by atoms with Gasteiger partial charge in [0.25, 0.3) is 0 Å². The summed E-state index contributed by atoms with van der Waals surface area (Å²) in [6, 6.07) is 12.8. The summed E-state index contributed by atoms with van der Waals surface area (Å²) < 4.78 is 22.9. The molecule has 0 spiro atoms. The van der Waals surface area contributed by atoms with Gasteiger partial charge in [0.1, 0.15) is 41.0 Å². The highest BCUT2D eigenvalue weighted by Gasteiger charge is 2.17. The smallest absolute Gasteiger partial charge is 0.216 e. The Morgan fingerprint density at radius 1 is 0.788 bits per heavy atom. The minimum atomic E-state index is 0.225. The summed E-state index contributed by atoms with van der Waals surface area (Å²) in [4.78, 5) is 4.63. The van der Waals surface area contributed by atoms with Crippen molar-refractivity contribution < 1.29 is 18.9 Å². The van der Waals surface area contributed by atoms with Crippen molar-refractivity contribution in [3.63, 3.8) is 0 Å². The fourth-order valence-electron chi connectivity index (χ4n) is 3.19. The quantitative estimate of drug-likeness (QED) is 0.414. The topological polar surface area (TPSA) is 128 Å². The number of nitrogens with zero attached hydrogens (tertiary/aromatic N) is 5. The van der Waals surface area contributed by atoms with Crippen LogP contribution in [0, 0.1) is 11.3 Å². The molecule has 33 heavy (non-hydrogen) atoms. The highest BCUT2D eigenvalue weighted by Crippen LogP contribution is 2.32. The lowest BCUT2D eigenvalue weighted by Gasteiger charge is -2.15. The van der Waals surface area contributed by atoms with Gasteiger partial charge in [0.05, 0.1) is 28.4 Å². The number of nitrogens with one attached hydrogen (secondary N) is 2. The molecule has 0 aliphatic rings. The van der Waals surface area contributed by atoms with Crippen LogP contribution in [0.25, 0.3) is 5.65 Å². The molecule has 0 aliphatic carbocycles. The van der Waals surface area contributed by atoms with Crippen molar-refractivity contribution in [3.8, 4) is 29.1 Å². The molecule has 2 aromatic carbocycles. The number of rotatable bonds is 8. The molecule has 2 heterocycles. The van der Waals surface area contributed by atoms with Crippen LogP contribution in [0.15, 0.2) is 42.7 Å². The van der Waals surface area contributed by atoms with Crippen molar-refractivity contribution in [2.24, 2.45) is 0 Å². The fourth-order valence-corrected chi connectivity index (χ4v) is 3.19. The molecule has 0 radical (unpaired) electrons. The van der Waals surface area contributed by atoms with E-state index in [9.17, 15) is 5.26 Å². The van der Waals surface area contributed by atoms with Crippen molar-refractivity contribution >= 4 is 28.8 Å². The number of anilines is 4. The molecule has 4 aromatic rings. The van der Waals surface area contributed by atoms with Crippen LogP contribution in [0.2, 0.25) is 0 Å². The summed E-state index contributed by atoms with van der Waals surface area (Å²) in [5.74, 6) is 3.04. The Kier molecular flexibility index (Phi) is 5.99. The number of hydrogen-bond acceptors (Lipinski definition) is 10. The van der Waals surface area contributed by atoms with Crippen LogP contribution in [0.1, 0.15) is 5.56 Å². The number of methoxy groups -OCH3 is 4. The molecule has 0 bridgehead atoms. The van der Waals surface area contributed by atoms with Crippen molar-refractivity contribution in [2.75, 3.05) is 39.1 Å². The van der Waals surface area contributed by atoms with Crippen LogP contribution >= 0.6 is 0 Å². The number of aromatic nitrogens is 4. The predicted octanol–water partition coefficient (Wildman–Crippen LogP) is 3.52. The number of fused-ring (bicyclic) bond motifs is 1. The van der Waals surface area contributed by atoms with Crippen molar-refractivity contribution in [1.29, 1.82) is 5.26 Å². The molecular weight excluding hydrogens is 426 g/mol. The highest BCUT2D eigenvalue weighted by molar-refractivity contribution is 5.75. The molecule has 0 unspecified atom stereocenters. The van der Waals surface area contributed by atoms with Crippen molar-refractivity contribution in [2.45, 2.75) is 0 Å². The molecule has 11 nitrogen and oxygen atoms in total. The van der Waals surface area contributed by atoms with Gasteiger partial charge in [0, 0.05) is 47.8 Å². The van der Waals surface area contributed by atoms with Gasteiger partial charge in [-0.3, -0.25) is 0 Å². The van der Waals surface area contributed by atoms with Crippen molar-refractivity contribution in [3.05, 3.63) is 48.3 Å². The number of ether oxygens (including phenoxy) is 4. The minimum Gasteiger partial charge on any atom is -0.497 e. The lowest BCUT2D eigenvalue weighted by molar-refractivity contribution is 0.394. The minimum absolute atomic E-state index is 0.225. The molecule has 4 rings (SSSR count). The lowest BCUT2D eigenvalue weighted by atomic mass is 10.2. The molecule has 0 aliphatic heterocycles. The second-order valence-corrected chi connectivity index (χ2v) is 6.75. The summed E-state index contributed by atoms with van der Waals surface area (Å²) in [6.45, 7) is 0. The predicted molar refractivity (Wildman–Crippen MR) is 121 cm³/mol. The molecule has 2 N–H and O–H groups in total. The SMILES string of the molecule is COc1cc(Nc2nc(Nc3cc(OC)cc(OC)c3)n3cnnc3c2C#N)cc(OC)c1. The zero-order chi connectivity index (χ0) is 23.4. The largest absolute Gasteiger partial charge is 0.497 e. The standard InChI is InChI=1S/C22H21N7O4/c1-30-15-5-13(6-16(9-15)31-2)25-20-19(11-23)21-28-24-12-29(21)22(27-20)26-14-7-17(32-3)10-18(8-14)33-4/h5-10,12,25H,1-4H3,(H,26,27). The monoisotopic (exact) mass is 447 g/mol. The Morgan fingerprint density at radius 2 is 1.30 bits per heavy atom. The number of benzene rings is 2. The summed E-state index contributed by atoms with van der Waals surface area (Å²) in [6.07, 6.45) is 1.47. The third-order valence-corrected chi connectivity index (χ3v) is 4.79. The van der Waals surface area contributed by atoms with Crippen LogP contribution < -0.4 is 29.6 Å². The second-order valence-electron chi connectivity index (χ2n) is 6.75. The van der Waals surface area contributed by atoms with E-state index < -0.39 is 0 Å². The summed E-state index contributed by atoms with van der Waals surface area (Å²) in [5, 5.41) is 24.2. The van der Waals surface area contributed by atoms with Gasteiger partial charge in [0.15, 0.2) is 11.5 Å². The molecule has 0 amide bonds. The van der Waals surface area contributed by atoms with E-state index in [0.717, 1.165) is 0 Å². The van der Waals surface area contributed by atoms with Crippen molar-refractivity contribution in [1.82, 2.24) is 19.6 Å². The average molecular weight is 447 g/mol. The maximum absolute atomic E-state index is 9.82. The van der Waals surface area contributed by atoms with E-state index in [1.165, 1.54) is 6.33 Å². The van der Waals surface area contributed by atoms with Crippen LogP contribution in [-0.4, -0.2) is 48.0 Å². The Bertz CT molecular complexity index is 1300. The first-order chi connectivity index (χ1) is 16.1. The lowest BCUT2D eigenvalue weighted by Crippen LogP contribution is -2.07. The number of hydrogen-bond donors (Lipinski definition) is 2. The van der Waals surface area contributed by atoms with E-state index in [4.69, 9.17) is 18.9 Å². The first kappa shape index (κ1) is 21.5. The van der Waals surface area contributed by atoms with Gasteiger partial charge in [-0.05, 0) is 0 Å². The van der Waals surface area contributed by atoms with Crippen LogP contribution in [0.3, 0.4) is 0 Å². The summed E-state index contributed by atoms with van der Waals surface area (Å²) in [7, 11) is 6.26. The van der Waals surface area contributed by atoms with Crippen LogP contribution in [0.4, 0.5) is 23.1 Å². The Balaban J connectivity index is 1.80. The Hall–Kier alpha value is -4.72. The number of nitriles is 1. The van der Waals surface area contributed by atoms with Gasteiger partial charge in [-0.1, -0.05) is 0 Å². The summed E-state index contributed by atoms with van der Waals surface area (Å²) >= 11 is 0. The van der Waals surface area contributed by atoms with Crippen LogP contribution in [0.5, 0.6) is 23.0 Å². The first-order valence-electron chi connectivity index (χ1n) is 9.72. The van der Waals surface area contributed by atoms with E-state index in [1.54, 1.807) is 69.2 Å². The highest BCUT2D eigenvalue weighted by atomic mass is 16.5. The van der Waals surface area contributed by atoms with E-state index >= 15 is 0 Å². The molecular formula is C22H21N7O4. The molecule has 0 fully saturated rings. The zero-order valence-corrected chi connectivity index (χ0v) is 18.4. The van der Waals surface area contributed by atoms with E-state index in [2.05, 4.69) is 31.9 Å². The third-order valence-electron chi connectivity index (χ3n) is 4.79. The van der Waals surface area contributed by atoms with Gasteiger partial charge in [0.2, 0.25) is 5.95 Å². The molecule has 11 heteroatoms. The zero-order valence-electron chi connectivity index (χ0n) is 18.4. The van der Waals surface area contributed by atoms with E-state index in [1.807, 2.05) is 0 Å². The normalized spacial score (nSPS) is 10.4. The maximum Gasteiger partial charge on any atom is 0.216 e. The van der Waals surface area contributed by atoms with Gasteiger partial charge < -0.3 is 29.6 Å². The molecule has 168 valence electrons. The second kappa shape index (κ2) is 9.19. The van der Waals surface area contributed by atoms with E-state index in [0.29, 0.717) is 46.0 Å². The Labute approximate surface area is 189 Å². The molecule has 0 saturated heterocycles. The molecule has 0 atom stereocenters. The average Bonchev–Trinajstić information content (AvgIpc) is 3.33. The summed E-state index contributed by atoms with van der Waals surface area (Å²) in [5.41, 5.74) is 1.84. The first-order valence-corrected chi connectivity index (χ1v) is 9.72. The van der Waals surface area contributed by atoms with Gasteiger partial charge in [-0.2, -0.15) is 10.2 Å². The third kappa shape index (κ3) is 4.35. The maximum atomic E-state index is 9.82. The van der Waals surface area contributed by atoms with Gasteiger partial charge in [-0.25, -0.2) is 4.40 Å².